The Morgan fingerprint density at radius 1 is 1.19 bits per heavy atom. The summed E-state index contributed by atoms with van der Waals surface area (Å²) in [6, 6.07) is 6.34. The summed E-state index contributed by atoms with van der Waals surface area (Å²) < 4.78 is 2.06. The largest absolute Gasteiger partial charge is 0.367 e. The molecule has 1 amide bonds. The third kappa shape index (κ3) is 4.42. The summed E-state index contributed by atoms with van der Waals surface area (Å²) in [7, 11) is 0. The minimum Gasteiger partial charge on any atom is -0.367 e. The van der Waals surface area contributed by atoms with Crippen molar-refractivity contribution in [3.05, 3.63) is 47.9 Å². The van der Waals surface area contributed by atoms with Gasteiger partial charge in [-0.2, -0.15) is 0 Å². The van der Waals surface area contributed by atoms with Gasteiger partial charge in [-0.15, -0.1) is 0 Å². The molecule has 1 saturated heterocycles. The first-order chi connectivity index (χ1) is 15.2. The molecule has 0 spiro atoms. The van der Waals surface area contributed by atoms with E-state index >= 15 is 0 Å². The lowest BCUT2D eigenvalue weighted by molar-refractivity contribution is 0.0950. The van der Waals surface area contributed by atoms with Crippen LogP contribution in [-0.4, -0.2) is 57.4 Å². The van der Waals surface area contributed by atoms with Gasteiger partial charge < -0.3 is 15.5 Å². The molecule has 2 aromatic heterocycles. The van der Waals surface area contributed by atoms with Crippen molar-refractivity contribution in [1.29, 1.82) is 0 Å². The number of carbonyl (C=O) groups excluding carboxylic acids is 1. The van der Waals surface area contributed by atoms with Crippen LogP contribution in [0.5, 0.6) is 0 Å². The second-order valence-electron chi connectivity index (χ2n) is 8.72. The van der Waals surface area contributed by atoms with E-state index in [-0.39, 0.29) is 5.91 Å². The van der Waals surface area contributed by atoms with Gasteiger partial charge in [0.25, 0.3) is 5.91 Å². The first-order valence-electron chi connectivity index (χ1n) is 11.4. The Labute approximate surface area is 182 Å². The molecule has 2 aliphatic rings. The summed E-state index contributed by atoms with van der Waals surface area (Å²) in [6.45, 7) is 6.48. The lowest BCUT2D eigenvalue weighted by Crippen LogP contribution is -2.26. The van der Waals surface area contributed by atoms with Crippen molar-refractivity contribution in [2.24, 2.45) is 0 Å². The second kappa shape index (κ2) is 8.67. The number of aromatic nitrogens is 3. The number of fused-ring (bicyclic) bond motifs is 1. The van der Waals surface area contributed by atoms with Crippen LogP contribution in [-0.2, 0) is 0 Å². The Hall–Kier alpha value is -2.93. The molecule has 0 radical (unpaired) electrons. The standard InChI is InChI=1S/C24H30N6O/c1-17-15-18(5-8-20(17)24(31)28-19-6-7-19)21-16-27-23-22(26-10-14-30(21)23)25-9-4-13-29-11-2-3-12-29/h5,8,10,14-16,19H,2-4,6-7,9,11-13H2,1H3,(H,25,26)(H,28,31). The van der Waals surface area contributed by atoms with Gasteiger partial charge in [-0.05, 0) is 76.4 Å². The Kier molecular flexibility index (Phi) is 5.59. The highest BCUT2D eigenvalue weighted by Gasteiger charge is 2.24. The van der Waals surface area contributed by atoms with Gasteiger partial charge in [0.15, 0.2) is 11.5 Å². The van der Waals surface area contributed by atoms with Crippen LogP contribution in [0.15, 0.2) is 36.8 Å². The van der Waals surface area contributed by atoms with Crippen LogP contribution in [0.3, 0.4) is 0 Å². The number of likely N-dealkylation sites (tertiary alicyclic amines) is 1. The van der Waals surface area contributed by atoms with Crippen LogP contribution in [0.2, 0.25) is 0 Å². The lowest BCUT2D eigenvalue weighted by Gasteiger charge is -2.14. The predicted molar refractivity (Wildman–Crippen MR) is 122 cm³/mol. The van der Waals surface area contributed by atoms with Crippen LogP contribution in [0, 0.1) is 6.92 Å². The molecule has 5 rings (SSSR count). The molecule has 2 fully saturated rings. The van der Waals surface area contributed by atoms with E-state index in [4.69, 9.17) is 0 Å². The highest BCUT2D eigenvalue weighted by molar-refractivity contribution is 5.96. The van der Waals surface area contributed by atoms with Gasteiger partial charge in [0, 0.05) is 36.1 Å². The maximum atomic E-state index is 12.4. The van der Waals surface area contributed by atoms with Crippen molar-refractivity contribution in [3.63, 3.8) is 0 Å². The lowest BCUT2D eigenvalue weighted by atomic mass is 10.0. The number of imidazole rings is 1. The van der Waals surface area contributed by atoms with E-state index in [1.807, 2.05) is 37.6 Å². The molecule has 2 N–H and O–H groups in total. The van der Waals surface area contributed by atoms with Gasteiger partial charge in [0.2, 0.25) is 0 Å². The summed E-state index contributed by atoms with van der Waals surface area (Å²) in [5.41, 5.74) is 4.58. The minimum absolute atomic E-state index is 0.0225. The monoisotopic (exact) mass is 418 g/mol. The molecule has 1 aliphatic carbocycles. The number of nitrogens with one attached hydrogen (secondary N) is 2. The van der Waals surface area contributed by atoms with Crippen molar-refractivity contribution in [2.45, 2.75) is 45.1 Å². The quantitative estimate of drug-likeness (QED) is 0.548. The number of rotatable bonds is 8. The maximum absolute atomic E-state index is 12.4. The topological polar surface area (TPSA) is 74.6 Å². The van der Waals surface area contributed by atoms with E-state index in [9.17, 15) is 4.79 Å². The smallest absolute Gasteiger partial charge is 0.251 e. The normalized spacial score (nSPS) is 16.7. The van der Waals surface area contributed by atoms with Crippen molar-refractivity contribution in [2.75, 3.05) is 31.5 Å². The second-order valence-corrected chi connectivity index (χ2v) is 8.72. The summed E-state index contributed by atoms with van der Waals surface area (Å²) in [4.78, 5) is 24.1. The summed E-state index contributed by atoms with van der Waals surface area (Å²) in [5, 5.41) is 6.53. The zero-order chi connectivity index (χ0) is 21.2. The van der Waals surface area contributed by atoms with Gasteiger partial charge in [-0.25, -0.2) is 9.97 Å². The van der Waals surface area contributed by atoms with E-state index in [2.05, 4.69) is 36.0 Å². The summed E-state index contributed by atoms with van der Waals surface area (Å²) in [6.07, 6.45) is 11.6. The van der Waals surface area contributed by atoms with Crippen molar-refractivity contribution >= 4 is 17.4 Å². The molecule has 162 valence electrons. The van der Waals surface area contributed by atoms with E-state index in [0.29, 0.717) is 6.04 Å². The van der Waals surface area contributed by atoms with Crippen molar-refractivity contribution in [1.82, 2.24) is 24.6 Å². The first-order valence-corrected chi connectivity index (χ1v) is 11.4. The number of hydrogen-bond donors (Lipinski definition) is 2. The zero-order valence-electron chi connectivity index (χ0n) is 18.1. The van der Waals surface area contributed by atoms with Crippen LogP contribution < -0.4 is 10.6 Å². The van der Waals surface area contributed by atoms with Gasteiger partial charge in [0.05, 0.1) is 11.9 Å². The SMILES string of the molecule is Cc1cc(-c2cnc3c(NCCCN4CCCC4)nccn23)ccc1C(=O)NC1CC1. The van der Waals surface area contributed by atoms with Gasteiger partial charge in [0.1, 0.15) is 0 Å². The van der Waals surface area contributed by atoms with Crippen LogP contribution in [0.1, 0.15) is 48.0 Å². The first kappa shape index (κ1) is 20.0. The fourth-order valence-corrected chi connectivity index (χ4v) is 4.34. The molecular formula is C24H30N6O. The zero-order valence-corrected chi connectivity index (χ0v) is 18.1. The number of amides is 1. The van der Waals surface area contributed by atoms with E-state index in [1.165, 1.54) is 25.9 Å². The van der Waals surface area contributed by atoms with Crippen molar-refractivity contribution < 1.29 is 4.79 Å². The number of nitrogens with zero attached hydrogens (tertiary/aromatic N) is 4. The Bertz CT molecular complexity index is 1080. The fraction of sp³-hybridized carbons (Fsp3) is 0.458. The number of aryl methyl sites for hydroxylation is 1. The molecule has 1 saturated carbocycles. The van der Waals surface area contributed by atoms with Crippen molar-refractivity contribution in [3.8, 4) is 11.3 Å². The molecule has 1 aromatic carbocycles. The average molecular weight is 419 g/mol. The molecule has 3 aromatic rings. The van der Waals surface area contributed by atoms with E-state index in [0.717, 1.165) is 66.2 Å². The highest BCUT2D eigenvalue weighted by atomic mass is 16.1. The molecular weight excluding hydrogens is 388 g/mol. The van der Waals surface area contributed by atoms with Crippen LogP contribution in [0.25, 0.3) is 16.9 Å². The molecule has 31 heavy (non-hydrogen) atoms. The minimum atomic E-state index is 0.0225. The van der Waals surface area contributed by atoms with E-state index < -0.39 is 0 Å². The molecule has 0 unspecified atom stereocenters. The van der Waals surface area contributed by atoms with Crippen LogP contribution in [0.4, 0.5) is 5.82 Å². The molecule has 0 bridgehead atoms. The van der Waals surface area contributed by atoms with E-state index in [1.54, 1.807) is 0 Å². The predicted octanol–water partition coefficient (Wildman–Crippen LogP) is 3.49. The number of anilines is 1. The van der Waals surface area contributed by atoms with Crippen LogP contribution >= 0.6 is 0 Å². The molecule has 1 aliphatic heterocycles. The highest BCUT2D eigenvalue weighted by Crippen LogP contribution is 2.26. The average Bonchev–Trinajstić information content (AvgIpc) is 3.25. The molecule has 7 nitrogen and oxygen atoms in total. The fourth-order valence-electron chi connectivity index (χ4n) is 4.34. The van der Waals surface area contributed by atoms with Gasteiger partial charge in [-0.3, -0.25) is 9.20 Å². The Morgan fingerprint density at radius 3 is 2.81 bits per heavy atom. The Balaban J connectivity index is 1.30. The maximum Gasteiger partial charge on any atom is 0.251 e. The van der Waals surface area contributed by atoms with Gasteiger partial charge in [-0.1, -0.05) is 6.07 Å². The molecule has 3 heterocycles. The van der Waals surface area contributed by atoms with Gasteiger partial charge >= 0.3 is 0 Å². The molecule has 0 atom stereocenters. The summed E-state index contributed by atoms with van der Waals surface area (Å²) >= 11 is 0. The third-order valence-corrected chi connectivity index (χ3v) is 6.25. The summed E-state index contributed by atoms with van der Waals surface area (Å²) in [5.74, 6) is 0.835. The number of benzene rings is 1. The third-order valence-electron chi connectivity index (χ3n) is 6.25. The molecule has 7 heteroatoms. The Morgan fingerprint density at radius 2 is 2.03 bits per heavy atom. The number of carbonyl (C=O) groups is 1. The number of hydrogen-bond acceptors (Lipinski definition) is 5.